The van der Waals surface area contributed by atoms with E-state index >= 15 is 0 Å². The minimum Gasteiger partial charge on any atom is -0.475 e. The minimum atomic E-state index is -0.218. The Morgan fingerprint density at radius 1 is 1.38 bits per heavy atom. The number of H-pyrrole nitrogens is 1. The van der Waals surface area contributed by atoms with Crippen molar-refractivity contribution >= 4 is 11.7 Å². The van der Waals surface area contributed by atoms with Crippen molar-refractivity contribution in [2.24, 2.45) is 4.99 Å². The van der Waals surface area contributed by atoms with Crippen molar-refractivity contribution in [2.75, 3.05) is 6.61 Å². The third kappa shape index (κ3) is 2.46. The number of nitrogens with one attached hydrogen (secondary N) is 1. The van der Waals surface area contributed by atoms with Crippen LogP contribution < -0.4 is 0 Å². The number of nitrogens with zero attached hydrogens (tertiary/aromatic N) is 2. The van der Waals surface area contributed by atoms with Gasteiger partial charge in [0.05, 0.1) is 11.9 Å². The molecule has 0 bridgehead atoms. The third-order valence-electron chi connectivity index (χ3n) is 3.51. The molecular weight excluding hydrogens is 266 g/mol. The number of aromatic amines is 1. The monoisotopic (exact) mass is 283 g/mol. The van der Waals surface area contributed by atoms with Crippen LogP contribution >= 0.6 is 0 Å². The Morgan fingerprint density at radius 3 is 2.81 bits per heavy atom. The largest absolute Gasteiger partial charge is 0.475 e. The molecule has 1 aromatic carbocycles. The molecule has 1 aliphatic heterocycles. The second-order valence-corrected chi connectivity index (χ2v) is 5.78. The van der Waals surface area contributed by atoms with Gasteiger partial charge in [-0.05, 0) is 32.4 Å². The first-order chi connectivity index (χ1) is 9.98. The molecule has 0 atom stereocenters. The lowest BCUT2D eigenvalue weighted by molar-refractivity contribution is 0.103. The summed E-state index contributed by atoms with van der Waals surface area (Å²) in [5, 5.41) is 0. The average molecular weight is 283 g/mol. The summed E-state index contributed by atoms with van der Waals surface area (Å²) in [5.41, 5.74) is 2.54. The highest BCUT2D eigenvalue weighted by Gasteiger charge is 2.28. The number of ether oxygens (including phenoxy) is 1. The molecular formula is C16H17N3O2. The summed E-state index contributed by atoms with van der Waals surface area (Å²) < 4.78 is 5.68. The lowest BCUT2D eigenvalue weighted by Gasteiger charge is -2.09. The van der Waals surface area contributed by atoms with Crippen LogP contribution in [0.4, 0.5) is 0 Å². The zero-order valence-electron chi connectivity index (χ0n) is 12.3. The van der Waals surface area contributed by atoms with E-state index < -0.39 is 0 Å². The van der Waals surface area contributed by atoms with Crippen molar-refractivity contribution < 1.29 is 9.53 Å². The lowest BCUT2D eigenvalue weighted by atomic mass is 9.98. The number of hydrogen-bond acceptors (Lipinski definition) is 4. The Labute approximate surface area is 123 Å². The van der Waals surface area contributed by atoms with Crippen molar-refractivity contribution in [2.45, 2.75) is 26.3 Å². The number of hydrogen-bond donors (Lipinski definition) is 1. The van der Waals surface area contributed by atoms with E-state index in [9.17, 15) is 4.79 Å². The van der Waals surface area contributed by atoms with Crippen LogP contribution in [0.15, 0.2) is 35.7 Å². The average Bonchev–Trinajstić information content (AvgIpc) is 3.07. The summed E-state index contributed by atoms with van der Waals surface area (Å²) in [6, 6.07) is 5.58. The number of aromatic nitrogens is 2. The van der Waals surface area contributed by atoms with Gasteiger partial charge >= 0.3 is 0 Å². The van der Waals surface area contributed by atoms with Gasteiger partial charge in [-0.25, -0.2) is 9.98 Å². The number of aliphatic imine (C=N–C) groups is 1. The Kier molecular flexibility index (Phi) is 3.12. The van der Waals surface area contributed by atoms with Gasteiger partial charge in [-0.1, -0.05) is 12.1 Å². The standard InChI is InChI=1S/C16H17N3O2/c1-10-11(14(20)13-7-17-9-18-13)5-4-6-12(10)15-19-16(2,3)8-21-15/h4-7,9H,8H2,1-3H3,(H,17,18). The molecule has 1 N–H and O–H groups in total. The van der Waals surface area contributed by atoms with Gasteiger partial charge in [0, 0.05) is 17.3 Å². The maximum atomic E-state index is 12.5. The van der Waals surface area contributed by atoms with Gasteiger partial charge in [0.15, 0.2) is 0 Å². The SMILES string of the molecule is Cc1c(C(=O)c2c[nH]cn2)cccc1C1=NC(C)(C)CO1. The number of benzene rings is 1. The third-order valence-corrected chi connectivity index (χ3v) is 3.51. The highest BCUT2D eigenvalue weighted by molar-refractivity contribution is 6.10. The molecule has 2 aromatic rings. The number of carbonyl (C=O) groups is 1. The van der Waals surface area contributed by atoms with Gasteiger partial charge in [0.1, 0.15) is 12.3 Å². The summed E-state index contributed by atoms with van der Waals surface area (Å²) in [7, 11) is 0. The zero-order chi connectivity index (χ0) is 15.0. The molecule has 1 aromatic heterocycles. The summed E-state index contributed by atoms with van der Waals surface area (Å²) >= 11 is 0. The van der Waals surface area contributed by atoms with Gasteiger partial charge in [0.2, 0.25) is 11.7 Å². The van der Waals surface area contributed by atoms with Crippen molar-refractivity contribution in [3.63, 3.8) is 0 Å². The van der Waals surface area contributed by atoms with E-state index in [1.165, 1.54) is 6.33 Å². The number of ketones is 1. The predicted octanol–water partition coefficient (Wildman–Crippen LogP) is 2.50. The van der Waals surface area contributed by atoms with Gasteiger partial charge in [-0.15, -0.1) is 0 Å². The second-order valence-electron chi connectivity index (χ2n) is 5.78. The summed E-state index contributed by atoms with van der Waals surface area (Å²) in [4.78, 5) is 23.9. The first kappa shape index (κ1) is 13.5. The van der Waals surface area contributed by atoms with Crippen LogP contribution in [0, 0.1) is 6.92 Å². The fourth-order valence-electron chi connectivity index (χ4n) is 2.36. The van der Waals surface area contributed by atoms with E-state index in [2.05, 4.69) is 15.0 Å². The van der Waals surface area contributed by atoms with Crippen LogP contribution in [0.1, 0.15) is 41.0 Å². The molecule has 0 fully saturated rings. The van der Waals surface area contributed by atoms with Crippen LogP contribution in [-0.4, -0.2) is 33.8 Å². The fraction of sp³-hybridized carbons (Fsp3) is 0.312. The molecule has 2 heterocycles. The molecule has 0 unspecified atom stereocenters. The quantitative estimate of drug-likeness (QED) is 0.880. The Bertz CT molecular complexity index is 715. The van der Waals surface area contributed by atoms with Crippen LogP contribution in [0.2, 0.25) is 0 Å². The molecule has 0 spiro atoms. The minimum absolute atomic E-state index is 0.103. The summed E-state index contributed by atoms with van der Waals surface area (Å²) in [5.74, 6) is 0.502. The summed E-state index contributed by atoms with van der Waals surface area (Å²) in [6.45, 7) is 6.51. The molecule has 21 heavy (non-hydrogen) atoms. The second kappa shape index (κ2) is 4.84. The van der Waals surface area contributed by atoms with Crippen LogP contribution in [0.3, 0.4) is 0 Å². The van der Waals surface area contributed by atoms with E-state index in [0.717, 1.165) is 11.1 Å². The molecule has 0 saturated carbocycles. The topological polar surface area (TPSA) is 67.3 Å². The van der Waals surface area contributed by atoms with E-state index in [-0.39, 0.29) is 11.3 Å². The number of rotatable bonds is 3. The predicted molar refractivity (Wildman–Crippen MR) is 79.8 cm³/mol. The van der Waals surface area contributed by atoms with Crippen molar-refractivity contribution in [3.05, 3.63) is 53.1 Å². The molecule has 0 radical (unpaired) electrons. The molecule has 1 aliphatic rings. The highest BCUT2D eigenvalue weighted by Crippen LogP contribution is 2.24. The van der Waals surface area contributed by atoms with Crippen LogP contribution in [0.25, 0.3) is 0 Å². The van der Waals surface area contributed by atoms with Crippen molar-refractivity contribution in [1.29, 1.82) is 0 Å². The van der Waals surface area contributed by atoms with Gasteiger partial charge in [-0.2, -0.15) is 0 Å². The molecule has 3 rings (SSSR count). The highest BCUT2D eigenvalue weighted by atomic mass is 16.5. The molecule has 108 valence electrons. The van der Waals surface area contributed by atoms with Crippen molar-refractivity contribution in [1.82, 2.24) is 9.97 Å². The van der Waals surface area contributed by atoms with E-state index in [1.54, 1.807) is 12.3 Å². The smallest absolute Gasteiger partial charge is 0.217 e. The van der Waals surface area contributed by atoms with Crippen LogP contribution in [0.5, 0.6) is 0 Å². The van der Waals surface area contributed by atoms with Gasteiger partial charge < -0.3 is 9.72 Å². The molecule has 5 nitrogen and oxygen atoms in total. The van der Waals surface area contributed by atoms with E-state index in [4.69, 9.17) is 4.74 Å². The Hall–Kier alpha value is -2.43. The first-order valence-corrected chi connectivity index (χ1v) is 6.84. The Balaban J connectivity index is 2.02. The normalized spacial score (nSPS) is 16.4. The van der Waals surface area contributed by atoms with Gasteiger partial charge in [0.25, 0.3) is 0 Å². The molecule has 0 aliphatic carbocycles. The number of carbonyl (C=O) groups excluding carboxylic acids is 1. The number of imidazole rings is 1. The van der Waals surface area contributed by atoms with Gasteiger partial charge in [-0.3, -0.25) is 4.79 Å². The van der Waals surface area contributed by atoms with E-state index in [0.29, 0.717) is 23.8 Å². The molecule has 0 saturated heterocycles. The van der Waals surface area contributed by atoms with Crippen LogP contribution in [-0.2, 0) is 4.74 Å². The maximum absolute atomic E-state index is 12.5. The lowest BCUT2D eigenvalue weighted by Crippen LogP contribution is -2.17. The van der Waals surface area contributed by atoms with Crippen molar-refractivity contribution in [3.8, 4) is 0 Å². The zero-order valence-corrected chi connectivity index (χ0v) is 12.3. The molecule has 0 amide bonds. The molecule has 5 heteroatoms. The fourth-order valence-corrected chi connectivity index (χ4v) is 2.36. The first-order valence-electron chi connectivity index (χ1n) is 6.84. The summed E-state index contributed by atoms with van der Waals surface area (Å²) in [6.07, 6.45) is 3.10. The maximum Gasteiger partial charge on any atom is 0.217 e. The Morgan fingerprint density at radius 2 is 2.19 bits per heavy atom. The van der Waals surface area contributed by atoms with E-state index in [1.807, 2.05) is 32.9 Å².